The fraction of sp³-hybridized carbons (Fsp3) is 0.350. The molecule has 0 aromatic heterocycles. The molecular formula is C20H26O5. The number of ether oxygens (including phenoxy) is 2. The molecule has 25 heavy (non-hydrogen) atoms. The van der Waals surface area contributed by atoms with Gasteiger partial charge in [0.15, 0.2) is 0 Å². The third-order valence-corrected chi connectivity index (χ3v) is 4.44. The van der Waals surface area contributed by atoms with Crippen LogP contribution >= 0.6 is 0 Å². The number of rotatable bonds is 4. The summed E-state index contributed by atoms with van der Waals surface area (Å²) in [6, 6.07) is 12.5. The van der Waals surface area contributed by atoms with Gasteiger partial charge in [0.2, 0.25) is 0 Å². The molecule has 0 amide bonds. The molecule has 0 heterocycles. The smallest absolute Gasteiger partial charge is 0.497 e. The van der Waals surface area contributed by atoms with Crippen LogP contribution < -0.4 is 9.47 Å². The SMILES string of the molecule is COc1ccc(C(C)(C)c2ccc(OC)c(C)c2C)cc1.O=C(O)O. The molecular weight excluding hydrogens is 320 g/mol. The van der Waals surface area contributed by atoms with Gasteiger partial charge in [-0.25, -0.2) is 4.79 Å². The average molecular weight is 346 g/mol. The predicted molar refractivity (Wildman–Crippen MR) is 98.2 cm³/mol. The number of methoxy groups -OCH3 is 2. The van der Waals surface area contributed by atoms with E-state index >= 15 is 0 Å². The highest BCUT2D eigenvalue weighted by atomic mass is 16.6. The first-order valence-corrected chi connectivity index (χ1v) is 7.86. The van der Waals surface area contributed by atoms with E-state index in [4.69, 9.17) is 24.5 Å². The fourth-order valence-electron chi connectivity index (χ4n) is 2.86. The number of carboxylic acid groups (broad SMARTS) is 2. The lowest BCUT2D eigenvalue weighted by Crippen LogP contribution is -2.20. The number of hydrogen-bond donors (Lipinski definition) is 2. The molecule has 0 aliphatic rings. The Balaban J connectivity index is 0.000000705. The van der Waals surface area contributed by atoms with Gasteiger partial charge in [-0.05, 0) is 54.3 Å². The molecule has 2 rings (SSSR count). The lowest BCUT2D eigenvalue weighted by molar-refractivity contribution is 0.137. The van der Waals surface area contributed by atoms with Crippen LogP contribution in [0.1, 0.15) is 36.1 Å². The second-order valence-electron chi connectivity index (χ2n) is 6.20. The molecule has 0 saturated heterocycles. The summed E-state index contributed by atoms with van der Waals surface area (Å²) in [7, 11) is 3.41. The minimum atomic E-state index is -1.83. The Morgan fingerprint density at radius 1 is 0.880 bits per heavy atom. The van der Waals surface area contributed by atoms with Crippen LogP contribution in [-0.4, -0.2) is 30.6 Å². The van der Waals surface area contributed by atoms with Crippen molar-refractivity contribution >= 4 is 6.16 Å². The van der Waals surface area contributed by atoms with Gasteiger partial charge in [-0.1, -0.05) is 32.0 Å². The normalized spacial score (nSPS) is 10.5. The fourth-order valence-corrected chi connectivity index (χ4v) is 2.86. The van der Waals surface area contributed by atoms with Crippen LogP contribution in [0.25, 0.3) is 0 Å². The van der Waals surface area contributed by atoms with Crippen LogP contribution in [-0.2, 0) is 5.41 Å². The molecule has 5 nitrogen and oxygen atoms in total. The molecule has 0 aliphatic carbocycles. The largest absolute Gasteiger partial charge is 0.503 e. The molecule has 0 atom stereocenters. The standard InChI is InChI=1S/C19H24O2.CH2O3/c1-13-14(2)18(21-6)12-11-17(13)19(3,4)15-7-9-16(20-5)10-8-15;2-1(3)4/h7-12H,1-6H3;(H2,2,3,4). The summed E-state index contributed by atoms with van der Waals surface area (Å²) in [6.45, 7) is 8.78. The summed E-state index contributed by atoms with van der Waals surface area (Å²) >= 11 is 0. The van der Waals surface area contributed by atoms with Gasteiger partial charge < -0.3 is 19.7 Å². The summed E-state index contributed by atoms with van der Waals surface area (Å²) < 4.78 is 10.7. The van der Waals surface area contributed by atoms with Gasteiger partial charge in [0.1, 0.15) is 11.5 Å². The highest BCUT2D eigenvalue weighted by Gasteiger charge is 2.26. The summed E-state index contributed by atoms with van der Waals surface area (Å²) in [5.41, 5.74) is 5.03. The summed E-state index contributed by atoms with van der Waals surface area (Å²) in [4.78, 5) is 8.56. The van der Waals surface area contributed by atoms with Crippen molar-refractivity contribution in [1.82, 2.24) is 0 Å². The highest BCUT2D eigenvalue weighted by Crippen LogP contribution is 2.37. The molecule has 0 spiro atoms. The maximum Gasteiger partial charge on any atom is 0.503 e. The van der Waals surface area contributed by atoms with Crippen LogP contribution in [0.15, 0.2) is 36.4 Å². The Hall–Kier alpha value is -2.69. The minimum absolute atomic E-state index is 0.0621. The highest BCUT2D eigenvalue weighted by molar-refractivity contribution is 5.53. The number of carbonyl (C=O) groups is 1. The maximum atomic E-state index is 8.56. The zero-order valence-electron chi connectivity index (χ0n) is 15.6. The predicted octanol–water partition coefficient (Wildman–Crippen LogP) is 4.87. The van der Waals surface area contributed by atoms with Crippen LogP contribution in [0.2, 0.25) is 0 Å². The molecule has 0 unspecified atom stereocenters. The molecule has 0 radical (unpaired) electrons. The topological polar surface area (TPSA) is 76.0 Å². The average Bonchev–Trinajstić information content (AvgIpc) is 2.56. The third kappa shape index (κ3) is 4.89. The Labute approximate surface area is 148 Å². The molecule has 0 aliphatic heterocycles. The lowest BCUT2D eigenvalue weighted by atomic mass is 9.75. The van der Waals surface area contributed by atoms with Gasteiger partial charge in [0, 0.05) is 5.41 Å². The second-order valence-corrected chi connectivity index (χ2v) is 6.20. The van der Waals surface area contributed by atoms with Crippen molar-refractivity contribution in [3.8, 4) is 11.5 Å². The minimum Gasteiger partial charge on any atom is -0.497 e. The zero-order valence-corrected chi connectivity index (χ0v) is 15.6. The van der Waals surface area contributed by atoms with Gasteiger partial charge >= 0.3 is 6.16 Å². The molecule has 136 valence electrons. The van der Waals surface area contributed by atoms with E-state index in [2.05, 4.69) is 52.0 Å². The summed E-state index contributed by atoms with van der Waals surface area (Å²) in [5, 5.41) is 13.9. The van der Waals surface area contributed by atoms with Crippen LogP contribution in [0.3, 0.4) is 0 Å². The van der Waals surface area contributed by atoms with E-state index in [0.717, 1.165) is 11.5 Å². The number of hydrogen-bond acceptors (Lipinski definition) is 3. The van der Waals surface area contributed by atoms with Crippen molar-refractivity contribution in [3.63, 3.8) is 0 Å². The Morgan fingerprint density at radius 3 is 1.84 bits per heavy atom. The van der Waals surface area contributed by atoms with E-state index in [0.29, 0.717) is 0 Å². The Kier molecular flexibility index (Phi) is 6.86. The lowest BCUT2D eigenvalue weighted by Gasteiger charge is -2.29. The van der Waals surface area contributed by atoms with Crippen molar-refractivity contribution < 1.29 is 24.5 Å². The van der Waals surface area contributed by atoms with Crippen molar-refractivity contribution in [2.75, 3.05) is 14.2 Å². The first-order chi connectivity index (χ1) is 11.6. The number of benzene rings is 2. The second kappa shape index (κ2) is 8.42. The van der Waals surface area contributed by atoms with E-state index in [1.165, 1.54) is 22.3 Å². The maximum absolute atomic E-state index is 8.56. The van der Waals surface area contributed by atoms with Gasteiger partial charge in [0.25, 0.3) is 0 Å². The molecule has 0 bridgehead atoms. The summed E-state index contributed by atoms with van der Waals surface area (Å²) in [6.07, 6.45) is -1.83. The molecule has 5 heteroatoms. The van der Waals surface area contributed by atoms with E-state index in [-0.39, 0.29) is 5.41 Å². The Bertz CT molecular complexity index is 714. The molecule has 2 aromatic rings. The summed E-state index contributed by atoms with van der Waals surface area (Å²) in [5.74, 6) is 1.83. The van der Waals surface area contributed by atoms with E-state index in [1.54, 1.807) is 14.2 Å². The van der Waals surface area contributed by atoms with Gasteiger partial charge in [-0.2, -0.15) is 0 Å². The van der Waals surface area contributed by atoms with Crippen molar-refractivity contribution in [3.05, 3.63) is 58.7 Å². The van der Waals surface area contributed by atoms with Crippen LogP contribution in [0.5, 0.6) is 11.5 Å². The molecule has 0 saturated carbocycles. The van der Waals surface area contributed by atoms with E-state index in [1.807, 2.05) is 12.1 Å². The van der Waals surface area contributed by atoms with Crippen molar-refractivity contribution in [2.45, 2.75) is 33.1 Å². The third-order valence-electron chi connectivity index (χ3n) is 4.44. The molecule has 0 fully saturated rings. The first-order valence-electron chi connectivity index (χ1n) is 7.86. The van der Waals surface area contributed by atoms with E-state index < -0.39 is 6.16 Å². The Morgan fingerprint density at radius 2 is 1.40 bits per heavy atom. The zero-order chi connectivity index (χ0) is 19.2. The molecule has 2 aromatic carbocycles. The molecule has 2 N–H and O–H groups in total. The monoisotopic (exact) mass is 346 g/mol. The van der Waals surface area contributed by atoms with Crippen LogP contribution in [0.4, 0.5) is 4.79 Å². The quantitative estimate of drug-likeness (QED) is 0.826. The van der Waals surface area contributed by atoms with Crippen molar-refractivity contribution in [2.24, 2.45) is 0 Å². The van der Waals surface area contributed by atoms with Crippen LogP contribution in [0, 0.1) is 13.8 Å². The van der Waals surface area contributed by atoms with Gasteiger partial charge in [-0.15, -0.1) is 0 Å². The van der Waals surface area contributed by atoms with Gasteiger partial charge in [0.05, 0.1) is 14.2 Å². The van der Waals surface area contributed by atoms with Gasteiger partial charge in [-0.3, -0.25) is 0 Å². The van der Waals surface area contributed by atoms with E-state index in [9.17, 15) is 0 Å². The first kappa shape index (κ1) is 20.4. The van der Waals surface area contributed by atoms with Crippen molar-refractivity contribution in [1.29, 1.82) is 0 Å².